The highest BCUT2D eigenvalue weighted by Crippen LogP contribution is 2.42. The van der Waals surface area contributed by atoms with Gasteiger partial charge in [0.2, 0.25) is 11.4 Å². The third kappa shape index (κ3) is 1.63. The monoisotopic (exact) mass is 199 g/mol. The minimum Gasteiger partial charge on any atom is -0.371 e. The zero-order chi connectivity index (χ0) is 10.7. The van der Waals surface area contributed by atoms with E-state index in [1.54, 1.807) is 0 Å². The Hall–Kier alpha value is -0.630. The first-order chi connectivity index (χ1) is 6.64. The Morgan fingerprint density at radius 2 is 1.86 bits per heavy atom. The van der Waals surface area contributed by atoms with Crippen LogP contribution in [0, 0.1) is 11.3 Å². The van der Waals surface area contributed by atoms with E-state index in [9.17, 15) is 5.11 Å². The van der Waals surface area contributed by atoms with Crippen LogP contribution in [0.2, 0.25) is 0 Å². The molecule has 80 valence electrons. The van der Waals surface area contributed by atoms with Gasteiger partial charge in [-0.25, -0.2) is 0 Å². The molecule has 1 rings (SSSR count). The summed E-state index contributed by atoms with van der Waals surface area (Å²) in [5.41, 5.74) is -1.49. The van der Waals surface area contributed by atoms with E-state index in [4.69, 9.17) is 14.7 Å². The summed E-state index contributed by atoms with van der Waals surface area (Å²) in [6.45, 7) is 4.53. The molecule has 0 amide bonds. The quantitative estimate of drug-likeness (QED) is 0.545. The molecule has 0 radical (unpaired) electrons. The summed E-state index contributed by atoms with van der Waals surface area (Å²) in [4.78, 5) is 0. The smallest absolute Gasteiger partial charge is 0.211 e. The minimum absolute atomic E-state index is 0.420. The van der Waals surface area contributed by atoms with Crippen molar-refractivity contribution in [3.8, 4) is 6.07 Å². The van der Waals surface area contributed by atoms with Crippen LogP contribution in [0.15, 0.2) is 0 Å². The lowest BCUT2D eigenvalue weighted by atomic mass is 9.98. The standard InChI is InChI=1S/C10H17NO3/c1-3-13-10(14-4-2)7-5-6-9(10,12)8-11/h12H,3-7H2,1-2H3/t9-/m1/s1. The number of hydrogen-bond donors (Lipinski definition) is 1. The fourth-order valence-corrected chi connectivity index (χ4v) is 2.01. The Morgan fingerprint density at radius 1 is 1.29 bits per heavy atom. The molecule has 1 fully saturated rings. The van der Waals surface area contributed by atoms with Crippen LogP contribution >= 0.6 is 0 Å². The molecule has 1 aliphatic rings. The Balaban J connectivity index is 2.90. The van der Waals surface area contributed by atoms with Crippen molar-refractivity contribution >= 4 is 0 Å². The van der Waals surface area contributed by atoms with Gasteiger partial charge in [0.05, 0.1) is 0 Å². The number of rotatable bonds is 4. The molecule has 0 bridgehead atoms. The highest BCUT2D eigenvalue weighted by molar-refractivity contribution is 5.14. The number of nitrogens with zero attached hydrogens (tertiary/aromatic N) is 1. The van der Waals surface area contributed by atoms with Crippen molar-refractivity contribution in [2.24, 2.45) is 0 Å². The lowest BCUT2D eigenvalue weighted by molar-refractivity contribution is -0.289. The van der Waals surface area contributed by atoms with Crippen LogP contribution in [0.1, 0.15) is 33.1 Å². The van der Waals surface area contributed by atoms with Crippen LogP contribution in [0.4, 0.5) is 0 Å². The molecular formula is C10H17NO3. The fraction of sp³-hybridized carbons (Fsp3) is 0.900. The first kappa shape index (κ1) is 11.4. The Labute approximate surface area is 84.4 Å². The van der Waals surface area contributed by atoms with Crippen LogP contribution in [0.5, 0.6) is 0 Å². The highest BCUT2D eigenvalue weighted by atomic mass is 16.7. The Bertz CT molecular complexity index is 230. The molecule has 1 saturated carbocycles. The number of nitriles is 1. The molecule has 0 aromatic heterocycles. The van der Waals surface area contributed by atoms with Crippen molar-refractivity contribution in [2.75, 3.05) is 13.2 Å². The van der Waals surface area contributed by atoms with Crippen LogP contribution in [-0.2, 0) is 9.47 Å². The van der Waals surface area contributed by atoms with Gasteiger partial charge in [0.1, 0.15) is 6.07 Å². The molecular weight excluding hydrogens is 182 g/mol. The van der Waals surface area contributed by atoms with Crippen molar-refractivity contribution in [2.45, 2.75) is 44.5 Å². The SMILES string of the molecule is CCOC1(OCC)CCC[C@@]1(O)C#N. The largest absolute Gasteiger partial charge is 0.371 e. The molecule has 0 unspecified atom stereocenters. The van der Waals surface area contributed by atoms with E-state index in [0.717, 1.165) is 6.42 Å². The van der Waals surface area contributed by atoms with E-state index in [1.165, 1.54) is 0 Å². The van der Waals surface area contributed by atoms with Gasteiger partial charge in [-0.3, -0.25) is 0 Å². The summed E-state index contributed by atoms with van der Waals surface area (Å²) >= 11 is 0. The van der Waals surface area contributed by atoms with Gasteiger partial charge in [-0.1, -0.05) is 0 Å². The molecule has 4 heteroatoms. The molecule has 0 heterocycles. The van der Waals surface area contributed by atoms with Crippen LogP contribution in [0.3, 0.4) is 0 Å². The van der Waals surface area contributed by atoms with Crippen LogP contribution < -0.4 is 0 Å². The predicted molar refractivity (Wildman–Crippen MR) is 50.4 cm³/mol. The lowest BCUT2D eigenvalue weighted by Gasteiger charge is -2.36. The first-order valence-corrected chi connectivity index (χ1v) is 5.05. The second-order valence-corrected chi connectivity index (χ2v) is 3.44. The summed E-state index contributed by atoms with van der Waals surface area (Å²) in [7, 11) is 0. The molecule has 4 nitrogen and oxygen atoms in total. The van der Waals surface area contributed by atoms with Gasteiger partial charge < -0.3 is 14.6 Å². The van der Waals surface area contributed by atoms with E-state index in [2.05, 4.69) is 0 Å². The maximum atomic E-state index is 10.1. The fourth-order valence-electron chi connectivity index (χ4n) is 2.01. The number of hydrogen-bond acceptors (Lipinski definition) is 4. The Morgan fingerprint density at radius 3 is 2.29 bits per heavy atom. The van der Waals surface area contributed by atoms with Gasteiger partial charge in [0, 0.05) is 19.6 Å². The van der Waals surface area contributed by atoms with Crippen molar-refractivity contribution in [1.82, 2.24) is 0 Å². The summed E-state index contributed by atoms with van der Waals surface area (Å²) in [6.07, 6.45) is 1.76. The van der Waals surface area contributed by atoms with E-state index in [-0.39, 0.29) is 0 Å². The summed E-state index contributed by atoms with van der Waals surface area (Å²) < 4.78 is 10.9. The maximum Gasteiger partial charge on any atom is 0.211 e. The Kier molecular flexibility index (Phi) is 3.48. The van der Waals surface area contributed by atoms with Gasteiger partial charge in [-0.2, -0.15) is 5.26 Å². The first-order valence-electron chi connectivity index (χ1n) is 5.05. The maximum absolute atomic E-state index is 10.1. The second kappa shape index (κ2) is 4.26. The number of aliphatic hydroxyl groups is 1. The zero-order valence-corrected chi connectivity index (χ0v) is 8.75. The normalized spacial score (nSPS) is 30.1. The molecule has 1 aliphatic carbocycles. The molecule has 1 N–H and O–H groups in total. The molecule has 0 aromatic rings. The third-order valence-corrected chi connectivity index (χ3v) is 2.61. The molecule has 0 spiro atoms. The van der Waals surface area contributed by atoms with Gasteiger partial charge in [-0.15, -0.1) is 0 Å². The zero-order valence-electron chi connectivity index (χ0n) is 8.75. The lowest BCUT2D eigenvalue weighted by Crippen LogP contribution is -2.53. The average molecular weight is 199 g/mol. The summed E-state index contributed by atoms with van der Waals surface area (Å²) in [6, 6.07) is 1.91. The minimum atomic E-state index is -1.49. The second-order valence-electron chi connectivity index (χ2n) is 3.44. The van der Waals surface area contributed by atoms with Crippen molar-refractivity contribution < 1.29 is 14.6 Å². The molecule has 0 saturated heterocycles. The average Bonchev–Trinajstić information content (AvgIpc) is 2.47. The van der Waals surface area contributed by atoms with Crippen molar-refractivity contribution in [3.05, 3.63) is 0 Å². The highest BCUT2D eigenvalue weighted by Gasteiger charge is 2.57. The van der Waals surface area contributed by atoms with E-state index in [1.807, 2.05) is 19.9 Å². The van der Waals surface area contributed by atoms with Crippen molar-refractivity contribution in [1.29, 1.82) is 5.26 Å². The topological polar surface area (TPSA) is 62.5 Å². The summed E-state index contributed by atoms with van der Waals surface area (Å²) in [5, 5.41) is 19.0. The van der Waals surface area contributed by atoms with Gasteiger partial charge in [-0.05, 0) is 26.7 Å². The molecule has 1 atom stereocenters. The van der Waals surface area contributed by atoms with Crippen LogP contribution in [0.25, 0.3) is 0 Å². The summed E-state index contributed by atoms with van der Waals surface area (Å²) in [5.74, 6) is -1.11. The number of ether oxygens (including phenoxy) is 2. The van der Waals surface area contributed by atoms with Crippen LogP contribution in [-0.4, -0.2) is 29.7 Å². The molecule has 0 aliphatic heterocycles. The molecule has 14 heavy (non-hydrogen) atoms. The van der Waals surface area contributed by atoms with Gasteiger partial charge >= 0.3 is 0 Å². The molecule has 0 aromatic carbocycles. The van der Waals surface area contributed by atoms with E-state index >= 15 is 0 Å². The van der Waals surface area contributed by atoms with E-state index < -0.39 is 11.4 Å². The van der Waals surface area contributed by atoms with E-state index in [0.29, 0.717) is 26.1 Å². The predicted octanol–water partition coefficient (Wildman–Crippen LogP) is 1.19. The third-order valence-electron chi connectivity index (χ3n) is 2.61. The van der Waals surface area contributed by atoms with Gasteiger partial charge in [0.25, 0.3) is 0 Å². The van der Waals surface area contributed by atoms with Gasteiger partial charge in [0.15, 0.2) is 0 Å². The van der Waals surface area contributed by atoms with Crippen molar-refractivity contribution in [3.63, 3.8) is 0 Å².